The van der Waals surface area contributed by atoms with Gasteiger partial charge in [0, 0.05) is 18.1 Å². The molecule has 2 aromatic carbocycles. The second-order valence-electron chi connectivity index (χ2n) is 7.84. The van der Waals surface area contributed by atoms with Crippen LogP contribution in [0.2, 0.25) is 0 Å². The molecule has 164 valence electrons. The van der Waals surface area contributed by atoms with Crippen molar-refractivity contribution in [3.8, 4) is 5.75 Å². The first-order valence-corrected chi connectivity index (χ1v) is 11.7. The van der Waals surface area contributed by atoms with Crippen molar-refractivity contribution in [2.75, 3.05) is 17.9 Å². The maximum absolute atomic E-state index is 13.5. The second-order valence-corrected chi connectivity index (χ2v) is 8.73. The molecule has 0 aliphatic carbocycles. The smallest absolute Gasteiger partial charge is 0.254 e. The predicted molar refractivity (Wildman–Crippen MR) is 125 cm³/mol. The molecule has 8 nitrogen and oxygen atoms in total. The summed E-state index contributed by atoms with van der Waals surface area (Å²) < 4.78 is 24.6. The van der Waals surface area contributed by atoms with Crippen molar-refractivity contribution in [1.29, 1.82) is 0 Å². The number of amidine groups is 1. The molecule has 5 rings (SSSR count). The Morgan fingerprint density at radius 1 is 1.19 bits per heavy atom. The number of nitrogens with two attached hydrogens (primary N) is 1. The number of hydrogen-bond acceptors (Lipinski definition) is 5. The van der Waals surface area contributed by atoms with E-state index in [0.29, 0.717) is 35.7 Å². The average Bonchev–Trinajstić information content (AvgIpc) is 2.81. The summed E-state index contributed by atoms with van der Waals surface area (Å²) in [5.74, 6) is 0.720. The van der Waals surface area contributed by atoms with Crippen molar-refractivity contribution in [2.24, 2.45) is 10.1 Å². The molecule has 3 N–H and O–H groups in total. The SMILES string of the molecule is NC1=NS(=O)Nc2cccc(OCC3CCCCN3C(=O)c3ccnc4ccccc34)c21. The van der Waals surface area contributed by atoms with E-state index in [2.05, 4.69) is 14.1 Å². The Labute approximate surface area is 188 Å². The Morgan fingerprint density at radius 3 is 2.97 bits per heavy atom. The van der Waals surface area contributed by atoms with E-state index in [1.165, 1.54) is 0 Å². The van der Waals surface area contributed by atoms with Gasteiger partial charge in [-0.15, -0.1) is 0 Å². The molecule has 1 saturated heterocycles. The number of carbonyl (C=O) groups excluding carboxylic acids is 1. The van der Waals surface area contributed by atoms with Gasteiger partial charge >= 0.3 is 0 Å². The Balaban J connectivity index is 1.39. The van der Waals surface area contributed by atoms with Gasteiger partial charge in [-0.3, -0.25) is 14.5 Å². The van der Waals surface area contributed by atoms with Gasteiger partial charge in [0.05, 0.1) is 28.4 Å². The lowest BCUT2D eigenvalue weighted by Crippen LogP contribution is -2.46. The summed E-state index contributed by atoms with van der Waals surface area (Å²) in [7, 11) is 0. The van der Waals surface area contributed by atoms with Gasteiger partial charge in [0.15, 0.2) is 0 Å². The number of likely N-dealkylation sites (tertiary alicyclic amines) is 1. The van der Waals surface area contributed by atoms with Crippen LogP contribution in [-0.4, -0.2) is 45.0 Å². The lowest BCUT2D eigenvalue weighted by Gasteiger charge is -2.36. The number of amides is 1. The highest BCUT2D eigenvalue weighted by Gasteiger charge is 2.30. The van der Waals surface area contributed by atoms with Gasteiger partial charge in [-0.05, 0) is 43.5 Å². The molecule has 1 fully saturated rings. The minimum Gasteiger partial charge on any atom is -0.491 e. The topological polar surface area (TPSA) is 110 Å². The summed E-state index contributed by atoms with van der Waals surface area (Å²) in [6, 6.07) is 14.8. The summed E-state index contributed by atoms with van der Waals surface area (Å²) >= 11 is -1.59. The van der Waals surface area contributed by atoms with Gasteiger partial charge < -0.3 is 15.4 Å². The summed E-state index contributed by atoms with van der Waals surface area (Å²) in [4.78, 5) is 19.8. The van der Waals surface area contributed by atoms with Crippen molar-refractivity contribution in [3.63, 3.8) is 0 Å². The summed E-state index contributed by atoms with van der Waals surface area (Å²) in [5, 5.41) is 0.852. The van der Waals surface area contributed by atoms with Crippen LogP contribution in [0.15, 0.2) is 59.1 Å². The molecule has 3 heterocycles. The van der Waals surface area contributed by atoms with E-state index in [0.717, 1.165) is 30.2 Å². The van der Waals surface area contributed by atoms with Crippen molar-refractivity contribution >= 4 is 39.5 Å². The van der Waals surface area contributed by atoms with Crippen molar-refractivity contribution < 1.29 is 13.7 Å². The number of carbonyl (C=O) groups is 1. The standard InChI is InChI=1S/C23H23N5O3S/c24-22-21-19(26-32(30)27-22)9-5-10-20(21)31-14-15-6-3-4-13-28(15)23(29)17-11-12-25-18-8-2-1-7-16(17)18/h1-2,5,7-12,15,26H,3-4,6,13-14H2,(H2,24,27). The summed E-state index contributed by atoms with van der Waals surface area (Å²) in [5.41, 5.74) is 8.69. The molecular formula is C23H23N5O3S. The number of aromatic nitrogens is 1. The van der Waals surface area contributed by atoms with Crippen LogP contribution < -0.4 is 15.2 Å². The van der Waals surface area contributed by atoms with Crippen LogP contribution in [0.5, 0.6) is 5.75 Å². The van der Waals surface area contributed by atoms with Crippen LogP contribution in [0.1, 0.15) is 35.2 Å². The molecule has 0 saturated carbocycles. The fraction of sp³-hybridized carbons (Fsp3) is 0.261. The monoisotopic (exact) mass is 449 g/mol. The zero-order chi connectivity index (χ0) is 22.1. The minimum atomic E-state index is -1.59. The molecule has 1 amide bonds. The van der Waals surface area contributed by atoms with E-state index in [9.17, 15) is 9.00 Å². The first-order valence-electron chi connectivity index (χ1n) is 10.6. The lowest BCUT2D eigenvalue weighted by atomic mass is 10.00. The zero-order valence-electron chi connectivity index (χ0n) is 17.4. The van der Waals surface area contributed by atoms with Crippen molar-refractivity contribution in [3.05, 3.63) is 65.9 Å². The third kappa shape index (κ3) is 3.80. The molecule has 2 aliphatic heterocycles. The third-order valence-corrected chi connectivity index (χ3v) is 6.62. The predicted octanol–water partition coefficient (Wildman–Crippen LogP) is 3.02. The largest absolute Gasteiger partial charge is 0.491 e. The average molecular weight is 450 g/mol. The molecule has 3 aromatic rings. The molecule has 9 heteroatoms. The Morgan fingerprint density at radius 2 is 2.06 bits per heavy atom. The van der Waals surface area contributed by atoms with Crippen LogP contribution >= 0.6 is 0 Å². The van der Waals surface area contributed by atoms with E-state index < -0.39 is 11.2 Å². The first kappa shape index (κ1) is 20.4. The van der Waals surface area contributed by atoms with E-state index in [1.807, 2.05) is 41.3 Å². The fourth-order valence-electron chi connectivity index (χ4n) is 4.32. The molecule has 2 unspecified atom stereocenters. The number of fused-ring (bicyclic) bond motifs is 2. The molecule has 0 bridgehead atoms. The lowest BCUT2D eigenvalue weighted by molar-refractivity contribution is 0.0530. The van der Waals surface area contributed by atoms with Gasteiger partial charge in [-0.25, -0.2) is 4.21 Å². The Kier molecular flexibility index (Phi) is 5.48. The number of anilines is 1. The zero-order valence-corrected chi connectivity index (χ0v) is 18.2. The number of rotatable bonds is 4. The number of para-hydroxylation sites is 1. The van der Waals surface area contributed by atoms with Gasteiger partial charge in [0.1, 0.15) is 18.2 Å². The van der Waals surface area contributed by atoms with E-state index in [4.69, 9.17) is 10.5 Å². The fourth-order valence-corrected chi connectivity index (χ4v) is 4.99. The number of nitrogens with zero attached hydrogens (tertiary/aromatic N) is 3. The quantitative estimate of drug-likeness (QED) is 0.636. The summed E-state index contributed by atoms with van der Waals surface area (Å²) in [6.45, 7) is 1.02. The van der Waals surface area contributed by atoms with Crippen LogP contribution in [0.4, 0.5) is 5.69 Å². The van der Waals surface area contributed by atoms with Crippen molar-refractivity contribution in [1.82, 2.24) is 9.88 Å². The molecule has 0 spiro atoms. The number of hydrogen-bond donors (Lipinski definition) is 2. The Hall–Kier alpha value is -3.46. The molecular weight excluding hydrogens is 426 g/mol. The third-order valence-electron chi connectivity index (χ3n) is 5.86. The molecule has 0 radical (unpaired) electrons. The Bertz CT molecular complexity index is 1240. The highest BCUT2D eigenvalue weighted by Crippen LogP contribution is 2.31. The number of pyridine rings is 1. The molecule has 2 atom stereocenters. The maximum atomic E-state index is 13.5. The maximum Gasteiger partial charge on any atom is 0.254 e. The van der Waals surface area contributed by atoms with Crippen LogP contribution in [0.25, 0.3) is 10.9 Å². The van der Waals surface area contributed by atoms with Gasteiger partial charge in [-0.2, -0.15) is 4.40 Å². The summed E-state index contributed by atoms with van der Waals surface area (Å²) in [6.07, 6.45) is 4.53. The number of nitrogens with one attached hydrogen (secondary N) is 1. The first-order chi connectivity index (χ1) is 15.6. The highest BCUT2D eigenvalue weighted by atomic mass is 32.2. The molecule has 32 heavy (non-hydrogen) atoms. The molecule has 1 aromatic heterocycles. The van der Waals surface area contributed by atoms with Gasteiger partial charge in [0.25, 0.3) is 5.91 Å². The van der Waals surface area contributed by atoms with Crippen LogP contribution in [0.3, 0.4) is 0 Å². The number of piperidine rings is 1. The van der Waals surface area contributed by atoms with Crippen LogP contribution in [-0.2, 0) is 11.2 Å². The van der Waals surface area contributed by atoms with E-state index in [1.54, 1.807) is 18.3 Å². The van der Waals surface area contributed by atoms with E-state index in [-0.39, 0.29) is 17.8 Å². The van der Waals surface area contributed by atoms with Crippen molar-refractivity contribution in [2.45, 2.75) is 25.3 Å². The highest BCUT2D eigenvalue weighted by molar-refractivity contribution is 7.85. The number of ether oxygens (including phenoxy) is 1. The number of benzene rings is 2. The second kappa shape index (κ2) is 8.58. The van der Waals surface area contributed by atoms with E-state index >= 15 is 0 Å². The van der Waals surface area contributed by atoms with Gasteiger partial charge in [0.2, 0.25) is 11.2 Å². The molecule has 2 aliphatic rings. The van der Waals surface area contributed by atoms with Gasteiger partial charge in [-0.1, -0.05) is 24.3 Å². The minimum absolute atomic E-state index is 0.00914. The normalized spacial score (nSPS) is 20.2. The van der Waals surface area contributed by atoms with Crippen LogP contribution in [0, 0.1) is 0 Å².